The van der Waals surface area contributed by atoms with Crippen molar-refractivity contribution in [1.82, 2.24) is 4.57 Å². The van der Waals surface area contributed by atoms with Crippen molar-refractivity contribution in [1.29, 1.82) is 0 Å². The van der Waals surface area contributed by atoms with Gasteiger partial charge in [0.2, 0.25) is 0 Å². The van der Waals surface area contributed by atoms with E-state index in [4.69, 9.17) is 9.47 Å². The second-order valence-corrected chi connectivity index (χ2v) is 10.3. The average molecular weight is 596 g/mol. The second-order valence-electron chi connectivity index (χ2n) is 7.10. The van der Waals surface area contributed by atoms with E-state index in [1.807, 2.05) is 47.0 Å². The van der Waals surface area contributed by atoms with Crippen molar-refractivity contribution in [2.24, 2.45) is 4.99 Å². The maximum absolute atomic E-state index is 13.5. The zero-order chi connectivity index (χ0) is 23.7. The molecule has 1 atom stereocenters. The molecule has 0 fully saturated rings. The number of phenols is 1. The molecule has 0 unspecified atom stereocenters. The number of esters is 1. The number of hydrogen-bond acceptors (Lipinski definition) is 8. The van der Waals surface area contributed by atoms with E-state index in [1.54, 1.807) is 36.6 Å². The molecule has 2 aromatic heterocycles. The Balaban J connectivity index is 1.91. The molecule has 0 aliphatic carbocycles. The molecule has 10 heteroatoms. The molecular formula is C23H21IN2O5S2. The van der Waals surface area contributed by atoms with Gasteiger partial charge in [-0.15, -0.1) is 11.3 Å². The maximum atomic E-state index is 13.5. The summed E-state index contributed by atoms with van der Waals surface area (Å²) in [6, 6.07) is 6.68. The number of carbonyl (C=O) groups is 1. The van der Waals surface area contributed by atoms with Crippen molar-refractivity contribution in [2.75, 3.05) is 13.2 Å². The van der Waals surface area contributed by atoms with E-state index < -0.39 is 12.0 Å². The smallest absolute Gasteiger partial charge is 0.338 e. The number of ether oxygens (including phenoxy) is 2. The SMILES string of the molecule is CCOC(=O)C1=C(C)N=c2s/c(=C/c3cc(I)c(O)c(OCC)c3)c(=O)n2[C@H]1c1cccs1. The van der Waals surface area contributed by atoms with Crippen LogP contribution in [0.5, 0.6) is 11.5 Å². The summed E-state index contributed by atoms with van der Waals surface area (Å²) in [5.74, 6) is -0.0373. The Labute approximate surface area is 211 Å². The number of nitrogens with zero attached hydrogens (tertiary/aromatic N) is 2. The lowest BCUT2D eigenvalue weighted by Crippen LogP contribution is -2.39. The summed E-state index contributed by atoms with van der Waals surface area (Å²) in [6.07, 6.45) is 1.75. The van der Waals surface area contributed by atoms with Crippen LogP contribution in [-0.4, -0.2) is 28.9 Å². The molecule has 7 nitrogen and oxygen atoms in total. The molecule has 0 amide bonds. The normalized spacial score (nSPS) is 15.9. The number of phenolic OH excluding ortho intramolecular Hbond substituents is 1. The first kappa shape index (κ1) is 23.7. The number of rotatable bonds is 6. The van der Waals surface area contributed by atoms with E-state index in [0.29, 0.717) is 36.5 Å². The van der Waals surface area contributed by atoms with Gasteiger partial charge in [0.1, 0.15) is 6.04 Å². The molecule has 0 saturated heterocycles. The van der Waals surface area contributed by atoms with Crippen molar-refractivity contribution in [3.63, 3.8) is 0 Å². The fourth-order valence-corrected chi connectivity index (χ4v) is 6.10. The minimum absolute atomic E-state index is 0.0726. The summed E-state index contributed by atoms with van der Waals surface area (Å²) in [5.41, 5.74) is 1.39. The van der Waals surface area contributed by atoms with Crippen molar-refractivity contribution in [3.05, 3.63) is 74.6 Å². The highest BCUT2D eigenvalue weighted by molar-refractivity contribution is 14.1. The molecular weight excluding hydrogens is 575 g/mol. The summed E-state index contributed by atoms with van der Waals surface area (Å²) < 4.78 is 13.5. The van der Waals surface area contributed by atoms with E-state index in [0.717, 1.165) is 10.4 Å². The minimum atomic E-state index is -0.596. The van der Waals surface area contributed by atoms with Crippen LogP contribution in [0.4, 0.5) is 0 Å². The summed E-state index contributed by atoms with van der Waals surface area (Å²) in [5, 5.41) is 12.1. The molecule has 172 valence electrons. The predicted octanol–water partition coefficient (Wildman–Crippen LogP) is 3.57. The quantitative estimate of drug-likeness (QED) is 0.347. The Hall–Kier alpha value is -2.44. The Morgan fingerprint density at radius 2 is 2.12 bits per heavy atom. The fourth-order valence-electron chi connectivity index (χ4n) is 3.60. The highest BCUT2D eigenvalue weighted by Crippen LogP contribution is 2.34. The number of thiophene rings is 1. The Kier molecular flexibility index (Phi) is 7.05. The van der Waals surface area contributed by atoms with Gasteiger partial charge in [0.25, 0.3) is 5.56 Å². The second kappa shape index (κ2) is 9.82. The highest BCUT2D eigenvalue weighted by Gasteiger charge is 2.33. The number of hydrogen-bond donors (Lipinski definition) is 1. The van der Waals surface area contributed by atoms with E-state index in [9.17, 15) is 14.7 Å². The van der Waals surface area contributed by atoms with Gasteiger partial charge in [0.05, 0.1) is 32.6 Å². The zero-order valence-electron chi connectivity index (χ0n) is 18.1. The third-order valence-electron chi connectivity index (χ3n) is 4.98. The van der Waals surface area contributed by atoms with Crippen LogP contribution in [0.2, 0.25) is 0 Å². The molecule has 1 N–H and O–H groups in total. The summed E-state index contributed by atoms with van der Waals surface area (Å²) >= 11 is 4.76. The first-order chi connectivity index (χ1) is 15.8. The van der Waals surface area contributed by atoms with Crippen LogP contribution < -0.4 is 19.6 Å². The first-order valence-corrected chi connectivity index (χ1v) is 13.0. The molecule has 0 spiro atoms. The Morgan fingerprint density at radius 1 is 1.33 bits per heavy atom. The Morgan fingerprint density at radius 3 is 2.79 bits per heavy atom. The molecule has 33 heavy (non-hydrogen) atoms. The zero-order valence-corrected chi connectivity index (χ0v) is 21.9. The van der Waals surface area contributed by atoms with Crippen molar-refractivity contribution >= 4 is 57.3 Å². The monoisotopic (exact) mass is 596 g/mol. The van der Waals surface area contributed by atoms with E-state index in [-0.39, 0.29) is 17.9 Å². The number of benzene rings is 1. The van der Waals surface area contributed by atoms with Crippen molar-refractivity contribution in [2.45, 2.75) is 26.8 Å². The van der Waals surface area contributed by atoms with Crippen LogP contribution in [-0.2, 0) is 9.53 Å². The number of fused-ring (bicyclic) bond motifs is 1. The minimum Gasteiger partial charge on any atom is -0.504 e. The third kappa shape index (κ3) is 4.51. The van der Waals surface area contributed by atoms with Crippen LogP contribution in [0.15, 0.2) is 50.7 Å². The number of carbonyl (C=O) groups excluding carboxylic acids is 1. The van der Waals surface area contributed by atoms with Gasteiger partial charge in [-0.1, -0.05) is 17.4 Å². The number of aromatic hydroxyl groups is 1. The van der Waals surface area contributed by atoms with E-state index in [2.05, 4.69) is 4.99 Å². The number of thiazole rings is 1. The lowest BCUT2D eigenvalue weighted by molar-refractivity contribution is -0.139. The molecule has 1 aromatic carbocycles. The fraction of sp³-hybridized carbons (Fsp3) is 0.261. The van der Waals surface area contributed by atoms with Crippen molar-refractivity contribution < 1.29 is 19.4 Å². The predicted molar refractivity (Wildman–Crippen MR) is 137 cm³/mol. The topological polar surface area (TPSA) is 90.1 Å². The number of aromatic nitrogens is 1. The molecule has 0 saturated carbocycles. The van der Waals surface area contributed by atoms with Gasteiger partial charge in [-0.2, -0.15) is 0 Å². The lowest BCUT2D eigenvalue weighted by Gasteiger charge is -2.23. The van der Waals surface area contributed by atoms with Gasteiger partial charge in [-0.25, -0.2) is 9.79 Å². The summed E-state index contributed by atoms with van der Waals surface area (Å²) in [7, 11) is 0. The van der Waals surface area contributed by atoms with Gasteiger partial charge in [-0.3, -0.25) is 9.36 Å². The van der Waals surface area contributed by atoms with Gasteiger partial charge in [0, 0.05) is 4.88 Å². The molecule has 3 heterocycles. The summed E-state index contributed by atoms with van der Waals surface area (Å²) in [6.45, 7) is 6.00. The van der Waals surface area contributed by atoms with Gasteiger partial charge in [-0.05, 0) is 78.6 Å². The lowest BCUT2D eigenvalue weighted by atomic mass is 10.0. The van der Waals surface area contributed by atoms with Crippen LogP contribution in [0, 0.1) is 3.57 Å². The standard InChI is InChI=1S/C23H21IN2O5S2/c1-4-30-15-10-13(9-14(24)20(15)27)11-17-21(28)26-19(16-7-6-8-32-16)18(22(29)31-5-2)12(3)25-23(26)33-17/h6-11,19,27H,4-5H2,1-3H3/b17-11+/t19-/m0/s1. The van der Waals surface area contributed by atoms with Gasteiger partial charge in [0.15, 0.2) is 16.3 Å². The highest BCUT2D eigenvalue weighted by atomic mass is 127. The Bertz CT molecular complexity index is 1420. The molecule has 4 rings (SSSR count). The molecule has 0 bridgehead atoms. The molecule has 0 radical (unpaired) electrons. The van der Waals surface area contributed by atoms with Crippen LogP contribution >= 0.6 is 45.3 Å². The van der Waals surface area contributed by atoms with Crippen LogP contribution in [0.1, 0.15) is 37.3 Å². The van der Waals surface area contributed by atoms with Gasteiger partial charge >= 0.3 is 5.97 Å². The van der Waals surface area contributed by atoms with E-state index in [1.165, 1.54) is 22.7 Å². The largest absolute Gasteiger partial charge is 0.504 e. The molecule has 1 aliphatic rings. The van der Waals surface area contributed by atoms with Crippen molar-refractivity contribution in [3.8, 4) is 11.5 Å². The first-order valence-electron chi connectivity index (χ1n) is 10.2. The maximum Gasteiger partial charge on any atom is 0.338 e. The van der Waals surface area contributed by atoms with Crippen LogP contribution in [0.25, 0.3) is 6.08 Å². The molecule has 1 aliphatic heterocycles. The van der Waals surface area contributed by atoms with Gasteiger partial charge < -0.3 is 14.6 Å². The number of allylic oxidation sites excluding steroid dienone is 1. The number of halogens is 1. The average Bonchev–Trinajstić information content (AvgIpc) is 3.40. The van der Waals surface area contributed by atoms with E-state index >= 15 is 0 Å². The van der Waals surface area contributed by atoms with Crippen LogP contribution in [0.3, 0.4) is 0 Å². The molecule has 3 aromatic rings. The third-order valence-corrected chi connectivity index (χ3v) is 7.71. The summed E-state index contributed by atoms with van der Waals surface area (Å²) in [4.78, 5) is 32.3.